The molecule has 0 radical (unpaired) electrons. The number of aliphatic hydroxyl groups is 1. The Kier molecular flexibility index (Phi) is 3.60. The second-order valence-corrected chi connectivity index (χ2v) is 12.9. The molecule has 1 aliphatic carbocycles. The lowest BCUT2D eigenvalue weighted by Crippen LogP contribution is -2.42. The predicted molar refractivity (Wildman–Crippen MR) is 97.2 cm³/mol. The van der Waals surface area contributed by atoms with Crippen molar-refractivity contribution in [2.24, 2.45) is 0 Å². The smallest absolute Gasteiger partial charge is 0.242 e. The summed E-state index contributed by atoms with van der Waals surface area (Å²) in [5.41, 5.74) is 2.51. The highest BCUT2D eigenvalue weighted by Gasteiger charge is 2.52. The van der Waals surface area contributed by atoms with Gasteiger partial charge in [0, 0.05) is 18.5 Å². The van der Waals surface area contributed by atoms with Crippen LogP contribution >= 0.6 is 0 Å². The maximum Gasteiger partial charge on any atom is 0.242 e. The number of ether oxygens (including phenoxy) is 1. The highest BCUT2D eigenvalue weighted by Crippen LogP contribution is 2.55. The molecule has 0 aromatic heterocycles. The lowest BCUT2D eigenvalue weighted by molar-refractivity contribution is 0.0826. The molecule has 3 aliphatic rings. The number of hydrogen-bond acceptors (Lipinski definition) is 4. The third-order valence-electron chi connectivity index (χ3n) is 5.34. The number of nitrogens with zero attached hydrogens (tertiary/aromatic N) is 1. The Labute approximate surface area is 145 Å². The van der Waals surface area contributed by atoms with Gasteiger partial charge in [0.25, 0.3) is 0 Å². The van der Waals surface area contributed by atoms with Gasteiger partial charge in [-0.1, -0.05) is 18.2 Å². The fourth-order valence-electron chi connectivity index (χ4n) is 4.33. The minimum Gasteiger partial charge on any atom is -0.542 e. The minimum atomic E-state index is -1.72. The van der Waals surface area contributed by atoms with Gasteiger partial charge in [0.05, 0.1) is 11.5 Å². The van der Waals surface area contributed by atoms with Gasteiger partial charge in [0.2, 0.25) is 8.32 Å². The van der Waals surface area contributed by atoms with Gasteiger partial charge in [-0.3, -0.25) is 0 Å². The third-order valence-corrected chi connectivity index (χ3v) is 6.18. The molecule has 0 saturated heterocycles. The Morgan fingerprint density at radius 3 is 2.88 bits per heavy atom. The molecule has 4 nitrogen and oxygen atoms in total. The van der Waals surface area contributed by atoms with Crippen LogP contribution < -0.4 is 9.16 Å². The molecule has 0 unspecified atom stereocenters. The summed E-state index contributed by atoms with van der Waals surface area (Å²) in [5, 5.41) is 10.1. The van der Waals surface area contributed by atoms with E-state index in [1.807, 2.05) is 6.08 Å². The molecule has 2 heterocycles. The summed E-state index contributed by atoms with van der Waals surface area (Å²) >= 11 is 0. The summed E-state index contributed by atoms with van der Waals surface area (Å²) < 4.78 is 12.8. The van der Waals surface area contributed by atoms with Crippen molar-refractivity contribution in [3.05, 3.63) is 35.4 Å². The van der Waals surface area contributed by atoms with E-state index in [1.54, 1.807) is 0 Å². The molecular formula is C19H27NO3Si. The SMILES string of the molecule is CN1CC[C@@]23C=C[C@H](O)C[C@@H]2Oc2c(O[Si](C)(C)C)ccc(c23)C1. The zero-order valence-corrected chi connectivity index (χ0v) is 16.0. The number of benzene rings is 1. The van der Waals surface area contributed by atoms with Crippen LogP contribution in [0.1, 0.15) is 24.0 Å². The third kappa shape index (κ3) is 2.50. The molecule has 24 heavy (non-hydrogen) atoms. The van der Waals surface area contributed by atoms with Crippen molar-refractivity contribution in [3.63, 3.8) is 0 Å². The second-order valence-electron chi connectivity index (χ2n) is 8.44. The first-order chi connectivity index (χ1) is 11.3. The molecule has 0 amide bonds. The van der Waals surface area contributed by atoms with E-state index in [2.05, 4.69) is 49.8 Å². The molecule has 1 aromatic carbocycles. The van der Waals surface area contributed by atoms with Crippen LogP contribution in [0.2, 0.25) is 19.6 Å². The highest BCUT2D eigenvalue weighted by atomic mass is 28.4. The standard InChI is InChI=1S/C19H27NO3Si/c1-20-10-9-19-8-7-14(21)11-16(19)22-18-15(23-24(2,3)4)6-5-13(12-20)17(18)19/h5-8,14,16,21H,9-12H2,1-4H3/t14-,16-,19-/m0/s1. The fraction of sp³-hybridized carbons (Fsp3) is 0.579. The van der Waals surface area contributed by atoms with Gasteiger partial charge in [-0.05, 0) is 51.3 Å². The molecule has 5 heteroatoms. The summed E-state index contributed by atoms with van der Waals surface area (Å²) in [6, 6.07) is 4.29. The van der Waals surface area contributed by atoms with Crippen molar-refractivity contribution in [1.82, 2.24) is 4.90 Å². The van der Waals surface area contributed by atoms with Crippen LogP contribution in [-0.4, -0.2) is 44.1 Å². The van der Waals surface area contributed by atoms with E-state index in [0.717, 1.165) is 31.0 Å². The summed E-state index contributed by atoms with van der Waals surface area (Å²) in [5.74, 6) is 1.81. The Balaban J connectivity index is 1.89. The van der Waals surface area contributed by atoms with Crippen molar-refractivity contribution in [2.75, 3.05) is 13.6 Å². The Morgan fingerprint density at radius 1 is 1.33 bits per heavy atom. The minimum absolute atomic E-state index is 0.00383. The summed E-state index contributed by atoms with van der Waals surface area (Å²) in [4.78, 5) is 2.37. The number of aliphatic hydroxyl groups excluding tert-OH is 1. The molecule has 130 valence electrons. The second kappa shape index (κ2) is 5.35. The van der Waals surface area contributed by atoms with Crippen molar-refractivity contribution < 1.29 is 14.3 Å². The fourth-order valence-corrected chi connectivity index (χ4v) is 5.15. The summed E-state index contributed by atoms with van der Waals surface area (Å²) in [6.07, 6.45) is 5.42. The van der Waals surface area contributed by atoms with Gasteiger partial charge >= 0.3 is 0 Å². The number of hydrogen-bond donors (Lipinski definition) is 1. The average Bonchev–Trinajstić information content (AvgIpc) is 2.74. The quantitative estimate of drug-likeness (QED) is 0.661. The Morgan fingerprint density at radius 2 is 2.12 bits per heavy atom. The van der Waals surface area contributed by atoms with Gasteiger partial charge < -0.3 is 19.2 Å². The van der Waals surface area contributed by atoms with E-state index in [-0.39, 0.29) is 11.5 Å². The first kappa shape index (κ1) is 16.2. The molecule has 4 rings (SSSR count). The van der Waals surface area contributed by atoms with E-state index < -0.39 is 14.4 Å². The summed E-state index contributed by atoms with van der Waals surface area (Å²) in [7, 11) is 0.453. The highest BCUT2D eigenvalue weighted by molar-refractivity contribution is 6.70. The molecule has 1 N–H and O–H groups in total. The molecular weight excluding hydrogens is 318 g/mol. The van der Waals surface area contributed by atoms with E-state index in [0.29, 0.717) is 6.42 Å². The van der Waals surface area contributed by atoms with Gasteiger partial charge in [-0.2, -0.15) is 0 Å². The van der Waals surface area contributed by atoms with E-state index >= 15 is 0 Å². The lowest BCUT2D eigenvalue weighted by Gasteiger charge is -2.35. The molecule has 3 atom stereocenters. The lowest BCUT2D eigenvalue weighted by atomic mass is 9.69. The van der Waals surface area contributed by atoms with Crippen LogP contribution in [0.5, 0.6) is 11.5 Å². The Hall–Kier alpha value is -1.30. The van der Waals surface area contributed by atoms with Crippen LogP contribution in [-0.2, 0) is 12.0 Å². The topological polar surface area (TPSA) is 41.9 Å². The number of rotatable bonds is 2. The van der Waals surface area contributed by atoms with Gasteiger partial charge in [-0.15, -0.1) is 0 Å². The normalized spacial score (nSPS) is 31.9. The molecule has 1 spiro atoms. The maximum atomic E-state index is 10.1. The Bertz CT molecular complexity index is 697. The first-order valence-electron chi connectivity index (χ1n) is 8.86. The molecule has 0 saturated carbocycles. The zero-order valence-electron chi connectivity index (χ0n) is 15.0. The van der Waals surface area contributed by atoms with Crippen LogP contribution in [0, 0.1) is 0 Å². The first-order valence-corrected chi connectivity index (χ1v) is 12.3. The molecule has 1 aromatic rings. The average molecular weight is 346 g/mol. The van der Waals surface area contributed by atoms with Gasteiger partial charge in [0.1, 0.15) is 11.9 Å². The van der Waals surface area contributed by atoms with E-state index in [1.165, 1.54) is 11.1 Å². The maximum absolute atomic E-state index is 10.1. The van der Waals surface area contributed by atoms with Gasteiger partial charge in [-0.25, -0.2) is 0 Å². The summed E-state index contributed by atoms with van der Waals surface area (Å²) in [6.45, 7) is 8.55. The van der Waals surface area contributed by atoms with Crippen LogP contribution in [0.4, 0.5) is 0 Å². The van der Waals surface area contributed by atoms with Crippen molar-refractivity contribution in [1.29, 1.82) is 0 Å². The largest absolute Gasteiger partial charge is 0.542 e. The predicted octanol–water partition coefficient (Wildman–Crippen LogP) is 3.06. The molecule has 0 fully saturated rings. The zero-order chi connectivity index (χ0) is 17.1. The van der Waals surface area contributed by atoms with Crippen molar-refractivity contribution in [2.45, 2.75) is 56.7 Å². The van der Waals surface area contributed by atoms with E-state index in [4.69, 9.17) is 9.16 Å². The monoisotopic (exact) mass is 345 g/mol. The van der Waals surface area contributed by atoms with Crippen LogP contribution in [0.15, 0.2) is 24.3 Å². The van der Waals surface area contributed by atoms with Gasteiger partial charge in [0.15, 0.2) is 5.75 Å². The molecule has 2 aliphatic heterocycles. The molecule has 0 bridgehead atoms. The van der Waals surface area contributed by atoms with Crippen molar-refractivity contribution >= 4 is 8.32 Å². The van der Waals surface area contributed by atoms with E-state index in [9.17, 15) is 5.11 Å². The van der Waals surface area contributed by atoms with Crippen LogP contribution in [0.25, 0.3) is 0 Å². The van der Waals surface area contributed by atoms with Crippen molar-refractivity contribution in [3.8, 4) is 11.5 Å². The van der Waals surface area contributed by atoms with Crippen LogP contribution in [0.3, 0.4) is 0 Å².